The Bertz CT molecular complexity index is 271. The van der Waals surface area contributed by atoms with E-state index in [1.54, 1.807) is 0 Å². The number of hydrogen-bond acceptors (Lipinski definition) is 1. The van der Waals surface area contributed by atoms with Crippen molar-refractivity contribution in [3.05, 3.63) is 30.3 Å². The van der Waals surface area contributed by atoms with Crippen LogP contribution in [0.1, 0.15) is 33.1 Å². The lowest BCUT2D eigenvalue weighted by molar-refractivity contribution is 0.414. The van der Waals surface area contributed by atoms with Crippen LogP contribution in [0.15, 0.2) is 30.3 Å². The zero-order valence-corrected chi connectivity index (χ0v) is 9.11. The van der Waals surface area contributed by atoms with Gasteiger partial charge in [-0.15, -0.1) is 0 Å². The summed E-state index contributed by atoms with van der Waals surface area (Å²) in [5, 5.41) is 0. The van der Waals surface area contributed by atoms with Crippen molar-refractivity contribution in [1.82, 2.24) is 0 Å². The molecule has 1 nitrogen and oxygen atoms in total. The van der Waals surface area contributed by atoms with E-state index in [0.29, 0.717) is 12.1 Å². The van der Waals surface area contributed by atoms with E-state index < -0.39 is 0 Å². The number of nitrogens with zero attached hydrogens (tertiary/aromatic N) is 1. The van der Waals surface area contributed by atoms with Crippen molar-refractivity contribution < 1.29 is 0 Å². The van der Waals surface area contributed by atoms with Crippen LogP contribution in [0.3, 0.4) is 0 Å². The molecule has 76 valence electrons. The van der Waals surface area contributed by atoms with Gasteiger partial charge in [-0.05, 0) is 45.2 Å². The number of anilines is 1. The minimum Gasteiger partial charge on any atom is -0.366 e. The lowest BCUT2D eigenvalue weighted by Gasteiger charge is -2.41. The van der Waals surface area contributed by atoms with Gasteiger partial charge in [-0.2, -0.15) is 0 Å². The Morgan fingerprint density at radius 1 is 1.00 bits per heavy atom. The van der Waals surface area contributed by atoms with Gasteiger partial charge in [0.2, 0.25) is 0 Å². The van der Waals surface area contributed by atoms with E-state index in [-0.39, 0.29) is 0 Å². The van der Waals surface area contributed by atoms with Crippen molar-refractivity contribution in [3.63, 3.8) is 0 Å². The van der Waals surface area contributed by atoms with Crippen LogP contribution in [0.25, 0.3) is 0 Å². The molecule has 1 aromatic carbocycles. The lowest BCUT2D eigenvalue weighted by atomic mass is 9.97. The van der Waals surface area contributed by atoms with E-state index in [2.05, 4.69) is 49.1 Å². The minimum absolute atomic E-state index is 0.696. The van der Waals surface area contributed by atoms with Gasteiger partial charge in [0.05, 0.1) is 0 Å². The number of rotatable bonds is 1. The molecule has 1 aromatic rings. The third kappa shape index (κ3) is 1.77. The molecule has 1 heterocycles. The first kappa shape index (κ1) is 9.57. The Balaban J connectivity index is 2.23. The zero-order chi connectivity index (χ0) is 9.97. The van der Waals surface area contributed by atoms with E-state index in [9.17, 15) is 0 Å². The summed E-state index contributed by atoms with van der Waals surface area (Å²) in [6.45, 7) is 4.67. The van der Waals surface area contributed by atoms with Crippen LogP contribution in [0.5, 0.6) is 0 Å². The second-order valence-corrected chi connectivity index (χ2v) is 4.37. The molecule has 0 aliphatic carbocycles. The maximum Gasteiger partial charge on any atom is 0.0371 e. The second-order valence-electron chi connectivity index (χ2n) is 4.37. The van der Waals surface area contributed by atoms with E-state index in [4.69, 9.17) is 0 Å². The number of para-hydroxylation sites is 1. The maximum atomic E-state index is 2.56. The molecule has 2 unspecified atom stereocenters. The normalized spacial score (nSPS) is 27.7. The molecular weight excluding hydrogens is 170 g/mol. The van der Waals surface area contributed by atoms with Crippen molar-refractivity contribution in [2.75, 3.05) is 4.90 Å². The summed E-state index contributed by atoms with van der Waals surface area (Å²) in [4.78, 5) is 2.56. The predicted molar refractivity (Wildman–Crippen MR) is 61.7 cm³/mol. The summed E-state index contributed by atoms with van der Waals surface area (Å²) >= 11 is 0. The predicted octanol–water partition coefficient (Wildman–Crippen LogP) is 3.45. The molecule has 1 saturated heterocycles. The Hall–Kier alpha value is -0.980. The van der Waals surface area contributed by atoms with Gasteiger partial charge in [-0.3, -0.25) is 0 Å². The summed E-state index contributed by atoms with van der Waals surface area (Å²) in [5.41, 5.74) is 1.38. The van der Waals surface area contributed by atoms with Crippen LogP contribution in [-0.4, -0.2) is 12.1 Å². The van der Waals surface area contributed by atoms with E-state index in [1.807, 2.05) is 0 Å². The SMILES string of the molecule is CC1CCCC(C)N1c1ccccc1. The van der Waals surface area contributed by atoms with Gasteiger partial charge in [0.1, 0.15) is 0 Å². The highest BCUT2D eigenvalue weighted by Gasteiger charge is 2.24. The molecule has 0 aromatic heterocycles. The third-order valence-electron chi connectivity index (χ3n) is 3.25. The summed E-state index contributed by atoms with van der Waals surface area (Å²) in [6.07, 6.45) is 4.05. The lowest BCUT2D eigenvalue weighted by Crippen LogP contribution is -2.43. The van der Waals surface area contributed by atoms with Gasteiger partial charge in [-0.1, -0.05) is 18.2 Å². The molecule has 0 radical (unpaired) electrons. The molecule has 1 fully saturated rings. The van der Waals surface area contributed by atoms with Crippen LogP contribution in [0.4, 0.5) is 5.69 Å². The van der Waals surface area contributed by atoms with Gasteiger partial charge in [0, 0.05) is 17.8 Å². The van der Waals surface area contributed by atoms with Gasteiger partial charge in [0.15, 0.2) is 0 Å². The van der Waals surface area contributed by atoms with Crippen molar-refractivity contribution >= 4 is 5.69 Å². The smallest absolute Gasteiger partial charge is 0.0371 e. The highest BCUT2D eigenvalue weighted by molar-refractivity contribution is 5.48. The molecule has 1 aliphatic rings. The average molecular weight is 189 g/mol. The van der Waals surface area contributed by atoms with Crippen LogP contribution < -0.4 is 4.90 Å². The zero-order valence-electron chi connectivity index (χ0n) is 9.11. The summed E-state index contributed by atoms with van der Waals surface area (Å²) < 4.78 is 0. The van der Waals surface area contributed by atoms with Crippen molar-refractivity contribution in [2.24, 2.45) is 0 Å². The molecule has 0 amide bonds. The molecule has 1 aliphatic heterocycles. The second kappa shape index (κ2) is 4.04. The Morgan fingerprint density at radius 2 is 1.57 bits per heavy atom. The molecule has 2 atom stereocenters. The van der Waals surface area contributed by atoms with E-state index in [1.165, 1.54) is 24.9 Å². The summed E-state index contributed by atoms with van der Waals surface area (Å²) in [6, 6.07) is 12.2. The van der Waals surface area contributed by atoms with Gasteiger partial charge < -0.3 is 4.90 Å². The highest BCUT2D eigenvalue weighted by Crippen LogP contribution is 2.28. The molecule has 14 heavy (non-hydrogen) atoms. The van der Waals surface area contributed by atoms with E-state index >= 15 is 0 Å². The Kier molecular flexibility index (Phi) is 2.76. The average Bonchev–Trinajstić information content (AvgIpc) is 2.19. The number of piperidine rings is 1. The number of hydrogen-bond donors (Lipinski definition) is 0. The molecule has 0 N–H and O–H groups in total. The van der Waals surface area contributed by atoms with Gasteiger partial charge in [-0.25, -0.2) is 0 Å². The van der Waals surface area contributed by atoms with Gasteiger partial charge in [0.25, 0.3) is 0 Å². The molecule has 0 saturated carbocycles. The Labute approximate surface area is 86.7 Å². The quantitative estimate of drug-likeness (QED) is 0.654. The van der Waals surface area contributed by atoms with Crippen LogP contribution in [0, 0.1) is 0 Å². The number of benzene rings is 1. The van der Waals surface area contributed by atoms with E-state index in [0.717, 1.165) is 0 Å². The summed E-state index contributed by atoms with van der Waals surface area (Å²) in [7, 11) is 0. The third-order valence-corrected chi connectivity index (χ3v) is 3.25. The standard InChI is InChI=1S/C13H19N/c1-11-7-6-8-12(2)14(11)13-9-4-3-5-10-13/h3-5,9-12H,6-8H2,1-2H3. The molecule has 0 bridgehead atoms. The fourth-order valence-corrected chi connectivity index (χ4v) is 2.53. The maximum absolute atomic E-state index is 2.56. The molecule has 0 spiro atoms. The molecule has 1 heteroatoms. The first-order valence-electron chi connectivity index (χ1n) is 5.62. The highest BCUT2D eigenvalue weighted by atomic mass is 15.2. The largest absolute Gasteiger partial charge is 0.366 e. The first-order valence-corrected chi connectivity index (χ1v) is 5.62. The topological polar surface area (TPSA) is 3.24 Å². The molecular formula is C13H19N. The summed E-state index contributed by atoms with van der Waals surface area (Å²) in [5.74, 6) is 0. The van der Waals surface area contributed by atoms with Crippen molar-refractivity contribution in [1.29, 1.82) is 0 Å². The van der Waals surface area contributed by atoms with Crippen LogP contribution >= 0.6 is 0 Å². The monoisotopic (exact) mass is 189 g/mol. The first-order chi connectivity index (χ1) is 6.79. The fourth-order valence-electron chi connectivity index (χ4n) is 2.53. The Morgan fingerprint density at radius 3 is 2.14 bits per heavy atom. The van der Waals surface area contributed by atoms with Crippen molar-refractivity contribution in [2.45, 2.75) is 45.2 Å². The van der Waals surface area contributed by atoms with Crippen molar-refractivity contribution in [3.8, 4) is 0 Å². The van der Waals surface area contributed by atoms with Crippen LogP contribution in [-0.2, 0) is 0 Å². The minimum atomic E-state index is 0.696. The van der Waals surface area contributed by atoms with Gasteiger partial charge >= 0.3 is 0 Å². The fraction of sp³-hybridized carbons (Fsp3) is 0.538. The van der Waals surface area contributed by atoms with Crippen LogP contribution in [0.2, 0.25) is 0 Å². The molecule has 2 rings (SSSR count).